The van der Waals surface area contributed by atoms with E-state index in [9.17, 15) is 9.90 Å². The average molecular weight is 314 g/mol. The van der Waals surface area contributed by atoms with Crippen molar-refractivity contribution in [1.29, 1.82) is 0 Å². The molecule has 0 aliphatic carbocycles. The maximum atomic E-state index is 12.6. The fourth-order valence-electron chi connectivity index (χ4n) is 3.12. The van der Waals surface area contributed by atoms with Gasteiger partial charge in [0, 0.05) is 6.54 Å². The summed E-state index contributed by atoms with van der Waals surface area (Å²) in [6.07, 6.45) is 0.800. The van der Waals surface area contributed by atoms with Gasteiger partial charge in [-0.15, -0.1) is 0 Å². The van der Waals surface area contributed by atoms with Crippen LogP contribution >= 0.6 is 0 Å². The Labute approximate surface area is 135 Å². The number of furan rings is 1. The highest BCUT2D eigenvalue weighted by molar-refractivity contribution is 5.75. The smallest absolute Gasteiger partial charge is 0.318 e. The Morgan fingerprint density at radius 1 is 1.39 bits per heavy atom. The topological polar surface area (TPSA) is 65.7 Å². The summed E-state index contributed by atoms with van der Waals surface area (Å²) in [5.41, 5.74) is 2.23. The first kappa shape index (κ1) is 15.6. The zero-order chi connectivity index (χ0) is 16.4. The van der Waals surface area contributed by atoms with Crippen molar-refractivity contribution < 1.29 is 14.3 Å². The zero-order valence-corrected chi connectivity index (χ0v) is 13.5. The molecule has 0 radical (unpaired) electrons. The van der Waals surface area contributed by atoms with E-state index in [4.69, 9.17) is 4.42 Å². The van der Waals surface area contributed by atoms with E-state index in [1.807, 2.05) is 44.2 Å². The minimum absolute atomic E-state index is 0.0846. The second-order valence-corrected chi connectivity index (χ2v) is 5.96. The number of aliphatic hydroxyl groups excluding tert-OH is 1. The van der Waals surface area contributed by atoms with Crippen molar-refractivity contribution in [1.82, 2.24) is 10.2 Å². The van der Waals surface area contributed by atoms with Gasteiger partial charge in [-0.3, -0.25) is 0 Å². The van der Waals surface area contributed by atoms with E-state index in [2.05, 4.69) is 11.4 Å². The number of nitrogens with zero attached hydrogens (tertiary/aromatic N) is 1. The van der Waals surface area contributed by atoms with E-state index >= 15 is 0 Å². The van der Waals surface area contributed by atoms with Crippen LogP contribution in [0.5, 0.6) is 0 Å². The van der Waals surface area contributed by atoms with Crippen LogP contribution < -0.4 is 5.32 Å². The molecule has 0 spiro atoms. The molecule has 0 fully saturated rings. The molecule has 0 saturated heterocycles. The number of urea groups is 1. The van der Waals surface area contributed by atoms with Crippen LogP contribution in [-0.4, -0.2) is 29.2 Å². The predicted molar refractivity (Wildman–Crippen MR) is 87.1 cm³/mol. The summed E-state index contributed by atoms with van der Waals surface area (Å²) in [6.45, 7) is 4.28. The molecule has 0 saturated carbocycles. The third kappa shape index (κ3) is 3.10. The molecule has 1 aliphatic heterocycles. The van der Waals surface area contributed by atoms with Crippen LogP contribution in [0.4, 0.5) is 4.79 Å². The van der Waals surface area contributed by atoms with Crippen LogP contribution in [0.15, 0.2) is 40.8 Å². The summed E-state index contributed by atoms with van der Waals surface area (Å²) in [4.78, 5) is 14.3. The fourth-order valence-corrected chi connectivity index (χ4v) is 3.12. The Balaban J connectivity index is 1.74. The Morgan fingerprint density at radius 2 is 2.17 bits per heavy atom. The van der Waals surface area contributed by atoms with Crippen molar-refractivity contribution in [3.8, 4) is 0 Å². The second-order valence-electron chi connectivity index (χ2n) is 5.96. The summed E-state index contributed by atoms with van der Waals surface area (Å²) in [5, 5.41) is 12.7. The molecule has 1 aromatic heterocycles. The maximum absolute atomic E-state index is 12.6. The first-order chi connectivity index (χ1) is 11.1. The fraction of sp³-hybridized carbons (Fsp3) is 0.389. The summed E-state index contributed by atoms with van der Waals surface area (Å²) < 4.78 is 5.56. The van der Waals surface area contributed by atoms with Crippen LogP contribution in [0.25, 0.3) is 0 Å². The number of aryl methyl sites for hydroxylation is 1. The standard InChI is InChI=1S/C18H22N2O3/c1-12-7-8-17(23-12)13(2)19-18(22)20-10-9-14-5-3-4-6-15(14)16(20)11-21/h3-8,13,16,21H,9-11H2,1-2H3,(H,19,22). The SMILES string of the molecule is Cc1ccc(C(C)NC(=O)N2CCc3ccccc3C2CO)o1. The molecule has 2 aromatic rings. The van der Waals surface area contributed by atoms with Gasteiger partial charge in [-0.05, 0) is 43.5 Å². The van der Waals surface area contributed by atoms with Gasteiger partial charge in [0.15, 0.2) is 0 Å². The van der Waals surface area contributed by atoms with Crippen molar-refractivity contribution in [2.24, 2.45) is 0 Å². The highest BCUT2D eigenvalue weighted by atomic mass is 16.3. The molecule has 2 heterocycles. The Hall–Kier alpha value is -2.27. The monoisotopic (exact) mass is 314 g/mol. The number of benzene rings is 1. The first-order valence-electron chi connectivity index (χ1n) is 7.92. The number of rotatable bonds is 3. The number of fused-ring (bicyclic) bond motifs is 1. The number of nitrogens with one attached hydrogen (secondary N) is 1. The summed E-state index contributed by atoms with van der Waals surface area (Å²) in [6, 6.07) is 11.0. The van der Waals surface area contributed by atoms with Gasteiger partial charge < -0.3 is 19.7 Å². The van der Waals surface area contributed by atoms with Gasteiger partial charge in [0.2, 0.25) is 0 Å². The van der Waals surface area contributed by atoms with E-state index in [0.29, 0.717) is 6.54 Å². The molecule has 2 unspecified atom stereocenters. The number of aliphatic hydroxyl groups is 1. The Bertz CT molecular complexity index is 695. The number of hydrogen-bond acceptors (Lipinski definition) is 3. The lowest BCUT2D eigenvalue weighted by molar-refractivity contribution is 0.124. The van der Waals surface area contributed by atoms with E-state index < -0.39 is 0 Å². The van der Waals surface area contributed by atoms with E-state index in [1.54, 1.807) is 4.90 Å². The molecule has 1 aliphatic rings. The van der Waals surface area contributed by atoms with Gasteiger partial charge in [-0.25, -0.2) is 4.79 Å². The van der Waals surface area contributed by atoms with Gasteiger partial charge >= 0.3 is 6.03 Å². The number of amides is 2. The van der Waals surface area contributed by atoms with Crippen LogP contribution in [0.3, 0.4) is 0 Å². The third-order valence-corrected chi connectivity index (χ3v) is 4.37. The highest BCUT2D eigenvalue weighted by Gasteiger charge is 2.30. The molecule has 2 amide bonds. The Morgan fingerprint density at radius 3 is 2.87 bits per heavy atom. The van der Waals surface area contributed by atoms with Crippen molar-refractivity contribution in [3.05, 3.63) is 59.0 Å². The third-order valence-electron chi connectivity index (χ3n) is 4.37. The molecular weight excluding hydrogens is 292 g/mol. The lowest BCUT2D eigenvalue weighted by Gasteiger charge is -2.36. The van der Waals surface area contributed by atoms with Crippen molar-refractivity contribution in [2.75, 3.05) is 13.2 Å². The molecule has 2 atom stereocenters. The van der Waals surface area contributed by atoms with Crippen LogP contribution in [-0.2, 0) is 6.42 Å². The number of carbonyl (C=O) groups is 1. The largest absolute Gasteiger partial charge is 0.464 e. The maximum Gasteiger partial charge on any atom is 0.318 e. The first-order valence-corrected chi connectivity index (χ1v) is 7.92. The predicted octanol–water partition coefficient (Wildman–Crippen LogP) is 2.95. The minimum Gasteiger partial charge on any atom is -0.464 e. The van der Waals surface area contributed by atoms with Crippen molar-refractivity contribution in [2.45, 2.75) is 32.4 Å². The molecule has 2 N–H and O–H groups in total. The molecule has 23 heavy (non-hydrogen) atoms. The quantitative estimate of drug-likeness (QED) is 0.915. The normalized spacial score (nSPS) is 18.4. The molecular formula is C18H22N2O3. The zero-order valence-electron chi connectivity index (χ0n) is 13.5. The van der Waals surface area contributed by atoms with Gasteiger partial charge in [0.25, 0.3) is 0 Å². The molecule has 0 bridgehead atoms. The summed E-state index contributed by atoms with van der Waals surface area (Å²) in [7, 11) is 0. The number of hydrogen-bond donors (Lipinski definition) is 2. The molecule has 5 nitrogen and oxygen atoms in total. The Kier molecular flexibility index (Phi) is 4.39. The number of carbonyl (C=O) groups excluding carboxylic acids is 1. The molecule has 1 aromatic carbocycles. The van der Waals surface area contributed by atoms with Gasteiger partial charge in [-0.1, -0.05) is 24.3 Å². The molecule has 5 heteroatoms. The lowest BCUT2D eigenvalue weighted by Crippen LogP contribution is -2.47. The van der Waals surface area contributed by atoms with Crippen molar-refractivity contribution >= 4 is 6.03 Å². The average Bonchev–Trinajstić information content (AvgIpc) is 3.00. The van der Waals surface area contributed by atoms with E-state index in [0.717, 1.165) is 23.5 Å². The molecule has 3 rings (SSSR count). The van der Waals surface area contributed by atoms with Crippen molar-refractivity contribution in [3.63, 3.8) is 0 Å². The second kappa shape index (κ2) is 6.46. The van der Waals surface area contributed by atoms with Crippen LogP contribution in [0.1, 0.15) is 41.7 Å². The van der Waals surface area contributed by atoms with Crippen LogP contribution in [0.2, 0.25) is 0 Å². The summed E-state index contributed by atoms with van der Waals surface area (Å²) in [5.74, 6) is 1.55. The minimum atomic E-state index is -0.300. The van der Waals surface area contributed by atoms with Gasteiger partial charge in [-0.2, -0.15) is 0 Å². The highest BCUT2D eigenvalue weighted by Crippen LogP contribution is 2.29. The molecule has 122 valence electrons. The van der Waals surface area contributed by atoms with E-state index in [1.165, 1.54) is 5.56 Å². The van der Waals surface area contributed by atoms with Crippen LogP contribution in [0, 0.1) is 6.92 Å². The van der Waals surface area contributed by atoms with E-state index in [-0.39, 0.29) is 24.7 Å². The summed E-state index contributed by atoms with van der Waals surface area (Å²) >= 11 is 0. The lowest BCUT2D eigenvalue weighted by atomic mass is 9.93. The van der Waals surface area contributed by atoms with Gasteiger partial charge in [0.05, 0.1) is 18.7 Å². The van der Waals surface area contributed by atoms with Gasteiger partial charge in [0.1, 0.15) is 11.5 Å².